The normalized spacial score (nSPS) is 32.3. The zero-order chi connectivity index (χ0) is 23.1. The van der Waals surface area contributed by atoms with Gasteiger partial charge in [0.1, 0.15) is 23.3 Å². The fourth-order valence-electron chi connectivity index (χ4n) is 6.70. The monoisotopic (exact) mass is 455 g/mol. The molecule has 1 N–H and O–H groups in total. The first-order valence-corrected chi connectivity index (χ1v) is 11.7. The van der Waals surface area contributed by atoms with E-state index in [2.05, 4.69) is 17.1 Å². The molecular formula is C25H27F2N3O3. The number of ether oxygens (including phenoxy) is 1. The molecule has 0 spiro atoms. The summed E-state index contributed by atoms with van der Waals surface area (Å²) in [7, 11) is 0. The number of hydrogen-bond acceptors (Lipinski definition) is 5. The standard InChI is InChI=1S/C25H27F2N3O3/c1-3-20(23(32)30-10-13(11-30)12-31)33-25-9-16-15(8-24(16,25)2)14-7-19(28-29-22(14)25)21-17(26)5-4-6-18(21)27/h4-7,13,15-16,20,31H,3,8-12H2,1-2H3/t15-,16?,20-,24?,25?/m1/s1. The van der Waals surface area contributed by atoms with Gasteiger partial charge in [0.05, 0.1) is 17.0 Å². The number of benzene rings is 1. The molecule has 3 fully saturated rings. The van der Waals surface area contributed by atoms with Gasteiger partial charge in [-0.2, -0.15) is 5.10 Å². The number of amides is 1. The molecule has 1 amide bonds. The van der Waals surface area contributed by atoms with Crippen LogP contribution in [-0.4, -0.2) is 51.9 Å². The van der Waals surface area contributed by atoms with Crippen LogP contribution in [0.1, 0.15) is 50.3 Å². The van der Waals surface area contributed by atoms with E-state index in [4.69, 9.17) is 4.74 Å². The molecule has 1 aromatic heterocycles. The highest BCUT2D eigenvalue weighted by atomic mass is 19.1. The number of nitrogens with zero attached hydrogens (tertiary/aromatic N) is 3. The van der Waals surface area contributed by atoms with E-state index in [1.165, 1.54) is 18.2 Å². The van der Waals surface area contributed by atoms with Crippen molar-refractivity contribution in [1.82, 2.24) is 15.1 Å². The lowest BCUT2D eigenvalue weighted by atomic mass is 9.31. The molecule has 1 aromatic carbocycles. The van der Waals surface area contributed by atoms with Crippen molar-refractivity contribution < 1.29 is 23.4 Å². The summed E-state index contributed by atoms with van der Waals surface area (Å²) in [6, 6.07) is 5.53. The van der Waals surface area contributed by atoms with E-state index >= 15 is 0 Å². The van der Waals surface area contributed by atoms with Crippen LogP contribution in [0.3, 0.4) is 0 Å². The lowest BCUT2D eigenvalue weighted by molar-refractivity contribution is -0.326. The Bertz CT molecular complexity index is 1130. The summed E-state index contributed by atoms with van der Waals surface area (Å²) in [6.07, 6.45) is 1.62. The second-order valence-corrected chi connectivity index (χ2v) is 10.3. The van der Waals surface area contributed by atoms with Crippen molar-refractivity contribution in [3.63, 3.8) is 0 Å². The molecule has 2 saturated carbocycles. The van der Waals surface area contributed by atoms with Gasteiger partial charge >= 0.3 is 0 Å². The predicted molar refractivity (Wildman–Crippen MR) is 115 cm³/mol. The Morgan fingerprint density at radius 3 is 2.61 bits per heavy atom. The number of aliphatic hydroxyl groups excluding tert-OH is 1. The van der Waals surface area contributed by atoms with E-state index in [-0.39, 0.29) is 41.0 Å². The van der Waals surface area contributed by atoms with Crippen LogP contribution in [0.25, 0.3) is 11.3 Å². The largest absolute Gasteiger partial charge is 0.396 e. The quantitative estimate of drug-likeness (QED) is 0.723. The molecule has 3 unspecified atom stereocenters. The Labute approximate surface area is 191 Å². The van der Waals surface area contributed by atoms with Crippen LogP contribution < -0.4 is 0 Å². The van der Waals surface area contributed by atoms with Crippen LogP contribution in [0.2, 0.25) is 0 Å². The maximum absolute atomic E-state index is 14.4. The van der Waals surface area contributed by atoms with Gasteiger partial charge in [0.25, 0.3) is 5.91 Å². The Hall–Kier alpha value is -2.45. The Kier molecular flexibility index (Phi) is 4.49. The summed E-state index contributed by atoms with van der Waals surface area (Å²) in [5.74, 6) is -0.561. The SMILES string of the molecule is CC[C@@H](OC12CC3[C@H](CC31C)c1cc(-c3c(F)cccc3F)nnc12)C(=O)N1CC(CO)C1. The minimum atomic E-state index is -0.710. The van der Waals surface area contributed by atoms with Crippen LogP contribution in [0, 0.1) is 28.9 Å². The predicted octanol–water partition coefficient (Wildman–Crippen LogP) is 3.39. The highest BCUT2D eigenvalue weighted by molar-refractivity contribution is 5.81. The molecule has 8 heteroatoms. The number of rotatable bonds is 6. The van der Waals surface area contributed by atoms with Crippen LogP contribution in [-0.2, 0) is 15.1 Å². The smallest absolute Gasteiger partial charge is 0.251 e. The van der Waals surface area contributed by atoms with Crippen molar-refractivity contribution in [2.24, 2.45) is 17.3 Å². The van der Waals surface area contributed by atoms with E-state index in [0.29, 0.717) is 31.1 Å². The maximum Gasteiger partial charge on any atom is 0.251 e. The average molecular weight is 456 g/mol. The van der Waals surface area contributed by atoms with Crippen molar-refractivity contribution >= 4 is 5.91 Å². The van der Waals surface area contributed by atoms with E-state index in [1.807, 2.05) is 6.92 Å². The van der Waals surface area contributed by atoms with Crippen LogP contribution in [0.15, 0.2) is 24.3 Å². The number of carbonyl (C=O) groups is 1. The van der Waals surface area contributed by atoms with Gasteiger partial charge in [-0.05, 0) is 54.9 Å². The first-order valence-electron chi connectivity index (χ1n) is 11.7. The average Bonchev–Trinajstić information content (AvgIpc) is 2.77. The molecule has 6 rings (SSSR count). The number of fused-ring (bicyclic) bond motifs is 3. The number of hydrogen-bond donors (Lipinski definition) is 1. The topological polar surface area (TPSA) is 75.6 Å². The first kappa shape index (κ1) is 21.1. The third-order valence-electron chi connectivity index (χ3n) is 8.72. The molecule has 5 atom stereocenters. The van der Waals surface area contributed by atoms with E-state index in [1.54, 1.807) is 11.0 Å². The molecule has 1 saturated heterocycles. The maximum atomic E-state index is 14.4. The lowest BCUT2D eigenvalue weighted by Gasteiger charge is -2.76. The van der Waals surface area contributed by atoms with Gasteiger partial charge < -0.3 is 14.7 Å². The highest BCUT2D eigenvalue weighted by Gasteiger charge is 2.78. The molecule has 0 radical (unpaired) electrons. The molecule has 174 valence electrons. The molecule has 6 nitrogen and oxygen atoms in total. The van der Waals surface area contributed by atoms with Gasteiger partial charge in [-0.3, -0.25) is 4.79 Å². The summed E-state index contributed by atoms with van der Waals surface area (Å²) < 4.78 is 35.4. The Balaban J connectivity index is 1.35. The minimum Gasteiger partial charge on any atom is -0.396 e. The third kappa shape index (κ3) is 2.62. The van der Waals surface area contributed by atoms with Gasteiger partial charge in [0, 0.05) is 31.0 Å². The zero-order valence-corrected chi connectivity index (χ0v) is 18.7. The summed E-state index contributed by atoms with van der Waals surface area (Å²) >= 11 is 0. The van der Waals surface area contributed by atoms with Gasteiger partial charge in [-0.25, -0.2) is 8.78 Å². The summed E-state index contributed by atoms with van der Waals surface area (Å²) in [5, 5.41) is 18.0. The second kappa shape index (κ2) is 7.03. The summed E-state index contributed by atoms with van der Waals surface area (Å²) in [6.45, 7) is 5.32. The minimum absolute atomic E-state index is 0.0513. The molecule has 3 aliphatic carbocycles. The Morgan fingerprint density at radius 2 is 2.00 bits per heavy atom. The Morgan fingerprint density at radius 1 is 1.27 bits per heavy atom. The number of likely N-dealkylation sites (tertiary alicyclic amines) is 1. The number of carbonyl (C=O) groups excluding carboxylic acids is 1. The lowest BCUT2D eigenvalue weighted by Crippen LogP contribution is -2.74. The molecule has 1 aliphatic heterocycles. The van der Waals surface area contributed by atoms with E-state index in [0.717, 1.165) is 18.4 Å². The molecule has 2 heterocycles. The fourth-order valence-corrected chi connectivity index (χ4v) is 6.70. The number of aromatic nitrogens is 2. The molecule has 33 heavy (non-hydrogen) atoms. The molecule has 2 aromatic rings. The van der Waals surface area contributed by atoms with E-state index in [9.17, 15) is 18.7 Å². The van der Waals surface area contributed by atoms with Crippen molar-refractivity contribution in [1.29, 1.82) is 0 Å². The van der Waals surface area contributed by atoms with Gasteiger partial charge in [-0.1, -0.05) is 19.9 Å². The van der Waals surface area contributed by atoms with Crippen molar-refractivity contribution in [3.8, 4) is 11.3 Å². The first-order chi connectivity index (χ1) is 15.8. The fraction of sp³-hybridized carbons (Fsp3) is 0.560. The number of aliphatic hydroxyl groups is 1. The van der Waals surface area contributed by atoms with E-state index < -0.39 is 23.3 Å². The second-order valence-electron chi connectivity index (χ2n) is 10.3. The van der Waals surface area contributed by atoms with Crippen molar-refractivity contribution in [3.05, 3.63) is 47.2 Å². The van der Waals surface area contributed by atoms with Crippen molar-refractivity contribution in [2.45, 2.75) is 50.7 Å². The third-order valence-corrected chi connectivity index (χ3v) is 8.72. The van der Waals surface area contributed by atoms with Crippen LogP contribution >= 0.6 is 0 Å². The molecule has 4 aliphatic rings. The van der Waals surface area contributed by atoms with Crippen LogP contribution in [0.4, 0.5) is 8.78 Å². The number of halogens is 2. The summed E-state index contributed by atoms with van der Waals surface area (Å²) in [4.78, 5) is 14.8. The van der Waals surface area contributed by atoms with Crippen LogP contribution in [0.5, 0.6) is 0 Å². The molecule has 4 bridgehead atoms. The van der Waals surface area contributed by atoms with Gasteiger partial charge in [0.2, 0.25) is 0 Å². The highest BCUT2D eigenvalue weighted by Crippen LogP contribution is 2.81. The summed E-state index contributed by atoms with van der Waals surface area (Å²) in [5.41, 5.74) is 0.857. The molecular weight excluding hydrogens is 428 g/mol. The van der Waals surface area contributed by atoms with Gasteiger partial charge in [-0.15, -0.1) is 5.10 Å². The van der Waals surface area contributed by atoms with Gasteiger partial charge in [0.15, 0.2) is 0 Å². The zero-order valence-electron chi connectivity index (χ0n) is 18.7. The van der Waals surface area contributed by atoms with Crippen molar-refractivity contribution in [2.75, 3.05) is 19.7 Å².